The van der Waals surface area contributed by atoms with Crippen molar-refractivity contribution in [2.75, 3.05) is 5.75 Å². The lowest BCUT2D eigenvalue weighted by Crippen LogP contribution is -2.25. The van der Waals surface area contributed by atoms with Gasteiger partial charge >= 0.3 is 5.69 Å². The normalized spacial score (nSPS) is 11.1. The lowest BCUT2D eigenvalue weighted by atomic mass is 10.4. The maximum atomic E-state index is 11.6. The summed E-state index contributed by atoms with van der Waals surface area (Å²) in [5.74, 6) is 0.819. The van der Waals surface area contributed by atoms with E-state index in [1.165, 1.54) is 0 Å². The molecule has 1 rings (SSSR count). The molecule has 3 nitrogen and oxygen atoms in total. The predicted molar refractivity (Wildman–Crippen MR) is 57.5 cm³/mol. The Hall–Kier alpha value is -0.640. The van der Waals surface area contributed by atoms with E-state index in [0.717, 1.165) is 18.7 Å². The number of thiol groups is 1. The van der Waals surface area contributed by atoms with Crippen LogP contribution in [0, 0.1) is 0 Å². The molecule has 1 heterocycles. The molecule has 0 aromatic carbocycles. The number of hydrogen-bond donors (Lipinski definition) is 1. The Kier molecular flexibility index (Phi) is 3.66. The van der Waals surface area contributed by atoms with Gasteiger partial charge in [-0.1, -0.05) is 0 Å². The van der Waals surface area contributed by atoms with Crippen LogP contribution in [0.2, 0.25) is 0 Å². The summed E-state index contributed by atoms with van der Waals surface area (Å²) < 4.78 is 3.47. The van der Waals surface area contributed by atoms with Gasteiger partial charge in [0.15, 0.2) is 0 Å². The highest BCUT2D eigenvalue weighted by atomic mass is 32.1. The molecular weight excluding hydrogens is 184 g/mol. The first kappa shape index (κ1) is 10.4. The predicted octanol–water partition coefficient (Wildman–Crippen LogP) is 1.55. The average molecular weight is 200 g/mol. The molecule has 0 spiro atoms. The van der Waals surface area contributed by atoms with Crippen LogP contribution >= 0.6 is 12.6 Å². The van der Waals surface area contributed by atoms with Crippen LogP contribution in [0.25, 0.3) is 0 Å². The molecule has 0 unspecified atom stereocenters. The number of rotatable bonds is 4. The quantitative estimate of drug-likeness (QED) is 0.734. The van der Waals surface area contributed by atoms with E-state index in [9.17, 15) is 4.79 Å². The van der Waals surface area contributed by atoms with Gasteiger partial charge in [0.25, 0.3) is 0 Å². The summed E-state index contributed by atoms with van der Waals surface area (Å²) in [6, 6.07) is 0.241. The molecule has 0 amide bonds. The lowest BCUT2D eigenvalue weighted by molar-refractivity contribution is 0.549. The Morgan fingerprint density at radius 3 is 2.62 bits per heavy atom. The molecule has 1 aromatic rings. The SMILES string of the molecule is CC(C)n1ccn(CCCS)c1=O. The van der Waals surface area contributed by atoms with Crippen LogP contribution in [0.1, 0.15) is 26.3 Å². The summed E-state index contributed by atoms with van der Waals surface area (Å²) in [6.45, 7) is 4.77. The zero-order valence-electron chi connectivity index (χ0n) is 8.10. The molecule has 0 radical (unpaired) electrons. The Morgan fingerprint density at radius 2 is 2.15 bits per heavy atom. The number of hydrogen-bond acceptors (Lipinski definition) is 2. The fraction of sp³-hybridized carbons (Fsp3) is 0.667. The van der Waals surface area contributed by atoms with Crippen LogP contribution in [0.3, 0.4) is 0 Å². The van der Waals surface area contributed by atoms with Crippen LogP contribution in [0.15, 0.2) is 17.2 Å². The fourth-order valence-electron chi connectivity index (χ4n) is 1.23. The van der Waals surface area contributed by atoms with Crippen LogP contribution in [-0.4, -0.2) is 14.9 Å². The standard InChI is InChI=1S/C9H16N2OS/c1-8(2)11-6-5-10(9(11)12)4-3-7-13/h5-6,8,13H,3-4,7H2,1-2H3. The summed E-state index contributed by atoms with van der Waals surface area (Å²) in [5.41, 5.74) is 0.0804. The van der Waals surface area contributed by atoms with Gasteiger partial charge in [-0.3, -0.25) is 9.13 Å². The van der Waals surface area contributed by atoms with Crippen LogP contribution < -0.4 is 5.69 Å². The maximum absolute atomic E-state index is 11.6. The molecule has 0 aliphatic rings. The van der Waals surface area contributed by atoms with E-state index in [0.29, 0.717) is 0 Å². The van der Waals surface area contributed by atoms with Crippen molar-refractivity contribution in [1.29, 1.82) is 0 Å². The highest BCUT2D eigenvalue weighted by molar-refractivity contribution is 7.80. The highest BCUT2D eigenvalue weighted by Crippen LogP contribution is 1.99. The number of aromatic nitrogens is 2. The van der Waals surface area contributed by atoms with Crippen molar-refractivity contribution >= 4 is 12.6 Å². The molecule has 0 saturated heterocycles. The van der Waals surface area contributed by atoms with Crippen molar-refractivity contribution in [2.24, 2.45) is 0 Å². The van der Waals surface area contributed by atoms with Gasteiger partial charge < -0.3 is 0 Å². The molecule has 0 N–H and O–H groups in total. The average Bonchev–Trinajstić information content (AvgIpc) is 2.43. The van der Waals surface area contributed by atoms with Crippen molar-refractivity contribution in [3.8, 4) is 0 Å². The first-order valence-corrected chi connectivity index (χ1v) is 5.18. The second-order valence-electron chi connectivity index (χ2n) is 3.35. The van der Waals surface area contributed by atoms with E-state index >= 15 is 0 Å². The molecule has 74 valence electrons. The van der Waals surface area contributed by atoms with Crippen LogP contribution in [0.5, 0.6) is 0 Å². The third-order valence-corrected chi connectivity index (χ3v) is 2.30. The van der Waals surface area contributed by atoms with Gasteiger partial charge in [0.2, 0.25) is 0 Å². The van der Waals surface area contributed by atoms with Crippen LogP contribution in [-0.2, 0) is 6.54 Å². The van der Waals surface area contributed by atoms with E-state index < -0.39 is 0 Å². The van der Waals surface area contributed by atoms with Gasteiger partial charge in [-0.2, -0.15) is 12.6 Å². The Balaban J connectivity index is 2.81. The zero-order valence-corrected chi connectivity index (χ0v) is 9.00. The minimum atomic E-state index is 0.0804. The molecule has 0 saturated carbocycles. The van der Waals surface area contributed by atoms with Gasteiger partial charge in [-0.05, 0) is 26.0 Å². The minimum absolute atomic E-state index is 0.0804. The second-order valence-corrected chi connectivity index (χ2v) is 3.80. The topological polar surface area (TPSA) is 26.9 Å². The number of nitrogens with zero attached hydrogens (tertiary/aromatic N) is 2. The fourth-order valence-corrected chi connectivity index (χ4v) is 1.37. The number of imidazole rings is 1. The van der Waals surface area contributed by atoms with Gasteiger partial charge in [-0.15, -0.1) is 0 Å². The van der Waals surface area contributed by atoms with E-state index in [1.54, 1.807) is 9.13 Å². The molecule has 0 aliphatic carbocycles. The van der Waals surface area contributed by atoms with Gasteiger partial charge in [0.05, 0.1) is 0 Å². The third kappa shape index (κ3) is 2.40. The molecule has 1 aromatic heterocycles. The zero-order chi connectivity index (χ0) is 9.84. The van der Waals surface area contributed by atoms with E-state index in [-0.39, 0.29) is 11.7 Å². The summed E-state index contributed by atoms with van der Waals surface area (Å²) in [7, 11) is 0. The molecule has 0 aliphatic heterocycles. The summed E-state index contributed by atoms with van der Waals surface area (Å²) in [6.07, 6.45) is 4.61. The molecule has 0 atom stereocenters. The van der Waals surface area contributed by atoms with Crippen molar-refractivity contribution in [3.63, 3.8) is 0 Å². The Bertz CT molecular complexity index is 314. The van der Waals surface area contributed by atoms with Crippen molar-refractivity contribution in [3.05, 3.63) is 22.9 Å². The highest BCUT2D eigenvalue weighted by Gasteiger charge is 2.04. The Morgan fingerprint density at radius 1 is 1.46 bits per heavy atom. The monoisotopic (exact) mass is 200 g/mol. The molecular formula is C9H16N2OS. The molecule has 13 heavy (non-hydrogen) atoms. The Labute approximate surface area is 83.8 Å². The first-order chi connectivity index (χ1) is 6.16. The largest absolute Gasteiger partial charge is 0.328 e. The second kappa shape index (κ2) is 4.56. The van der Waals surface area contributed by atoms with Gasteiger partial charge in [0, 0.05) is 25.0 Å². The molecule has 0 fully saturated rings. The van der Waals surface area contributed by atoms with Gasteiger partial charge in [0.1, 0.15) is 0 Å². The first-order valence-electron chi connectivity index (χ1n) is 4.55. The third-order valence-electron chi connectivity index (χ3n) is 1.99. The van der Waals surface area contributed by atoms with Crippen molar-refractivity contribution in [1.82, 2.24) is 9.13 Å². The van der Waals surface area contributed by atoms with Gasteiger partial charge in [-0.25, -0.2) is 4.79 Å². The molecule has 4 heteroatoms. The minimum Gasteiger partial charge on any atom is -0.299 e. The van der Waals surface area contributed by atoms with Crippen LogP contribution in [0.4, 0.5) is 0 Å². The van der Waals surface area contributed by atoms with Crippen molar-refractivity contribution < 1.29 is 0 Å². The summed E-state index contributed by atoms with van der Waals surface area (Å²) in [4.78, 5) is 11.6. The summed E-state index contributed by atoms with van der Waals surface area (Å²) >= 11 is 4.11. The lowest BCUT2D eigenvalue weighted by Gasteiger charge is -2.04. The van der Waals surface area contributed by atoms with E-state index in [1.807, 2.05) is 26.2 Å². The van der Waals surface area contributed by atoms with E-state index in [4.69, 9.17) is 0 Å². The smallest absolute Gasteiger partial charge is 0.299 e. The van der Waals surface area contributed by atoms with Crippen molar-refractivity contribution in [2.45, 2.75) is 32.9 Å². The number of aryl methyl sites for hydroxylation is 1. The molecule has 0 bridgehead atoms. The van der Waals surface area contributed by atoms with E-state index in [2.05, 4.69) is 12.6 Å². The summed E-state index contributed by atoms with van der Waals surface area (Å²) in [5, 5.41) is 0. The maximum Gasteiger partial charge on any atom is 0.328 e.